The molecule has 2 aliphatic rings. The maximum Gasteiger partial charge on any atom is 0.224 e. The first kappa shape index (κ1) is 10.9. The zero-order valence-electron chi connectivity index (χ0n) is 9.11. The number of hydrogen-bond donors (Lipinski definition) is 2. The van der Waals surface area contributed by atoms with E-state index < -0.39 is 0 Å². The van der Waals surface area contributed by atoms with Crippen LogP contribution in [0.25, 0.3) is 0 Å². The van der Waals surface area contributed by atoms with Gasteiger partial charge in [-0.3, -0.25) is 4.79 Å². The molecule has 0 aromatic heterocycles. The highest BCUT2D eigenvalue weighted by molar-refractivity contribution is 5.77. The van der Waals surface area contributed by atoms with Crippen molar-refractivity contribution < 1.29 is 9.90 Å². The summed E-state index contributed by atoms with van der Waals surface area (Å²) in [4.78, 5) is 13.7. The molecule has 1 saturated carbocycles. The van der Waals surface area contributed by atoms with Gasteiger partial charge in [-0.25, -0.2) is 0 Å². The maximum atomic E-state index is 11.9. The summed E-state index contributed by atoms with van der Waals surface area (Å²) in [6, 6.07) is 0. The van der Waals surface area contributed by atoms with Crippen LogP contribution in [0.4, 0.5) is 0 Å². The summed E-state index contributed by atoms with van der Waals surface area (Å²) >= 11 is 0. The smallest absolute Gasteiger partial charge is 0.224 e. The van der Waals surface area contributed by atoms with Crippen molar-refractivity contribution in [3.05, 3.63) is 0 Å². The van der Waals surface area contributed by atoms with Crippen molar-refractivity contribution in [1.82, 2.24) is 4.90 Å². The molecule has 1 amide bonds. The van der Waals surface area contributed by atoms with Gasteiger partial charge in [-0.1, -0.05) is 0 Å². The van der Waals surface area contributed by atoms with E-state index in [-0.39, 0.29) is 17.6 Å². The second-order valence-corrected chi connectivity index (χ2v) is 5.03. The van der Waals surface area contributed by atoms with Crippen molar-refractivity contribution in [2.24, 2.45) is 5.73 Å². The van der Waals surface area contributed by atoms with Crippen LogP contribution in [0.3, 0.4) is 0 Å². The third-order valence-electron chi connectivity index (χ3n) is 3.60. The minimum Gasteiger partial charge on any atom is -0.391 e. The molecule has 0 aromatic rings. The average molecular weight is 212 g/mol. The number of nitrogens with two attached hydrogens (primary N) is 1. The Morgan fingerprint density at radius 1 is 1.47 bits per heavy atom. The number of carbonyl (C=O) groups excluding carboxylic acids is 1. The highest BCUT2D eigenvalue weighted by Gasteiger charge is 2.36. The Kier molecular flexibility index (Phi) is 2.98. The summed E-state index contributed by atoms with van der Waals surface area (Å²) in [5.41, 5.74) is 5.80. The van der Waals surface area contributed by atoms with Crippen LogP contribution in [0, 0.1) is 0 Å². The van der Waals surface area contributed by atoms with Gasteiger partial charge in [-0.05, 0) is 32.1 Å². The molecule has 0 radical (unpaired) electrons. The molecular formula is C11H20N2O2. The van der Waals surface area contributed by atoms with Crippen molar-refractivity contribution in [2.45, 2.75) is 50.2 Å². The van der Waals surface area contributed by atoms with Crippen molar-refractivity contribution >= 4 is 5.91 Å². The molecule has 0 bridgehead atoms. The molecule has 2 fully saturated rings. The molecule has 1 unspecified atom stereocenters. The maximum absolute atomic E-state index is 11.9. The van der Waals surface area contributed by atoms with E-state index in [9.17, 15) is 9.90 Å². The summed E-state index contributed by atoms with van der Waals surface area (Å²) in [6.45, 7) is 1.28. The summed E-state index contributed by atoms with van der Waals surface area (Å²) in [7, 11) is 0. The Balaban J connectivity index is 1.84. The molecule has 4 heteroatoms. The highest BCUT2D eigenvalue weighted by atomic mass is 16.3. The zero-order valence-corrected chi connectivity index (χ0v) is 9.11. The molecular weight excluding hydrogens is 192 g/mol. The topological polar surface area (TPSA) is 66.6 Å². The standard InChI is InChI=1S/C11H20N2O2/c12-11(4-2-5-11)7-10(15)13-6-1-3-9(14)8-13/h9,14H,1-8,12H2. The van der Waals surface area contributed by atoms with Crippen molar-refractivity contribution in [1.29, 1.82) is 0 Å². The fourth-order valence-electron chi connectivity index (χ4n) is 2.40. The summed E-state index contributed by atoms with van der Waals surface area (Å²) < 4.78 is 0. The van der Waals surface area contributed by atoms with Crippen molar-refractivity contribution in [3.63, 3.8) is 0 Å². The van der Waals surface area contributed by atoms with Crippen molar-refractivity contribution in [2.75, 3.05) is 13.1 Å². The van der Waals surface area contributed by atoms with Gasteiger partial charge >= 0.3 is 0 Å². The number of rotatable bonds is 2. The Hall–Kier alpha value is -0.610. The van der Waals surface area contributed by atoms with Crippen LogP contribution in [-0.2, 0) is 4.79 Å². The molecule has 1 saturated heterocycles. The van der Waals surface area contributed by atoms with Crippen LogP contribution in [0.5, 0.6) is 0 Å². The molecule has 1 aliphatic heterocycles. The van der Waals surface area contributed by atoms with Crippen LogP contribution in [0.15, 0.2) is 0 Å². The van der Waals surface area contributed by atoms with Gasteiger partial charge in [0.25, 0.3) is 0 Å². The number of aliphatic hydroxyl groups excluding tert-OH is 1. The monoisotopic (exact) mass is 212 g/mol. The molecule has 1 aliphatic carbocycles. The van der Waals surface area contributed by atoms with Gasteiger partial charge in [-0.2, -0.15) is 0 Å². The molecule has 0 aromatic carbocycles. The first-order valence-corrected chi connectivity index (χ1v) is 5.84. The van der Waals surface area contributed by atoms with Crippen LogP contribution in [0.2, 0.25) is 0 Å². The Morgan fingerprint density at radius 2 is 2.20 bits per heavy atom. The fraction of sp³-hybridized carbons (Fsp3) is 0.909. The van der Waals surface area contributed by atoms with Gasteiger partial charge in [0.1, 0.15) is 0 Å². The lowest BCUT2D eigenvalue weighted by molar-refractivity contribution is -0.136. The molecule has 4 nitrogen and oxygen atoms in total. The van der Waals surface area contributed by atoms with Gasteiger partial charge < -0.3 is 15.7 Å². The first-order chi connectivity index (χ1) is 7.09. The first-order valence-electron chi connectivity index (χ1n) is 5.84. The number of nitrogens with zero attached hydrogens (tertiary/aromatic N) is 1. The van der Waals surface area contributed by atoms with Crippen LogP contribution >= 0.6 is 0 Å². The van der Waals surface area contributed by atoms with E-state index >= 15 is 0 Å². The molecule has 1 heterocycles. The number of piperidine rings is 1. The molecule has 3 N–H and O–H groups in total. The SMILES string of the molecule is NC1(CC(=O)N2CCCC(O)C2)CCC1. The Morgan fingerprint density at radius 3 is 2.73 bits per heavy atom. The largest absolute Gasteiger partial charge is 0.391 e. The minimum absolute atomic E-state index is 0.121. The van der Waals surface area contributed by atoms with Crippen LogP contribution < -0.4 is 5.73 Å². The van der Waals surface area contributed by atoms with Gasteiger partial charge in [0.05, 0.1) is 6.10 Å². The number of amides is 1. The number of β-amino-alcohol motifs (C(OH)–C–C–N with tert-alkyl or cyclic N) is 1. The lowest BCUT2D eigenvalue weighted by Gasteiger charge is -2.40. The van der Waals surface area contributed by atoms with E-state index in [2.05, 4.69) is 0 Å². The summed E-state index contributed by atoms with van der Waals surface area (Å²) in [5.74, 6) is 0.121. The molecule has 86 valence electrons. The van der Waals surface area contributed by atoms with E-state index in [1.54, 1.807) is 4.90 Å². The predicted octanol–water partition coefficient (Wildman–Crippen LogP) is 0.241. The second kappa shape index (κ2) is 4.10. The molecule has 2 rings (SSSR count). The van der Waals surface area contributed by atoms with E-state index in [1.807, 2.05) is 0 Å². The fourth-order valence-corrected chi connectivity index (χ4v) is 2.40. The normalized spacial score (nSPS) is 29.7. The predicted molar refractivity (Wildman–Crippen MR) is 57.2 cm³/mol. The molecule has 1 atom stereocenters. The summed E-state index contributed by atoms with van der Waals surface area (Å²) in [5, 5.41) is 9.47. The van der Waals surface area contributed by atoms with Crippen molar-refractivity contribution in [3.8, 4) is 0 Å². The third kappa shape index (κ3) is 2.49. The van der Waals surface area contributed by atoms with Gasteiger partial charge in [0.15, 0.2) is 0 Å². The van der Waals surface area contributed by atoms with Gasteiger partial charge in [0.2, 0.25) is 5.91 Å². The Bertz CT molecular complexity index is 251. The van der Waals surface area contributed by atoms with E-state index in [1.165, 1.54) is 0 Å². The van der Waals surface area contributed by atoms with Gasteiger partial charge in [0, 0.05) is 25.0 Å². The third-order valence-corrected chi connectivity index (χ3v) is 3.60. The number of carbonyl (C=O) groups is 1. The van der Waals surface area contributed by atoms with Crippen LogP contribution in [0.1, 0.15) is 38.5 Å². The zero-order chi connectivity index (χ0) is 10.9. The number of hydrogen-bond acceptors (Lipinski definition) is 3. The van der Waals surface area contributed by atoms with E-state index in [4.69, 9.17) is 5.73 Å². The second-order valence-electron chi connectivity index (χ2n) is 5.03. The number of aliphatic hydroxyl groups is 1. The summed E-state index contributed by atoms with van der Waals surface area (Å²) in [6.07, 6.45) is 4.93. The minimum atomic E-state index is -0.335. The lowest BCUT2D eigenvalue weighted by Crippen LogP contribution is -2.52. The van der Waals surface area contributed by atoms with Gasteiger partial charge in [-0.15, -0.1) is 0 Å². The van der Waals surface area contributed by atoms with E-state index in [0.717, 1.165) is 38.6 Å². The van der Waals surface area contributed by atoms with Crippen LogP contribution in [-0.4, -0.2) is 40.6 Å². The highest BCUT2D eigenvalue weighted by Crippen LogP contribution is 2.32. The quantitative estimate of drug-likeness (QED) is 0.689. The lowest BCUT2D eigenvalue weighted by atomic mass is 9.75. The molecule has 15 heavy (non-hydrogen) atoms. The average Bonchev–Trinajstić information content (AvgIpc) is 2.15. The Labute approximate surface area is 90.4 Å². The van der Waals surface area contributed by atoms with E-state index in [0.29, 0.717) is 13.0 Å². The number of likely N-dealkylation sites (tertiary alicyclic amines) is 1. The molecule has 0 spiro atoms.